The zero-order valence-electron chi connectivity index (χ0n) is 10.1. The number of methoxy groups -OCH3 is 1. The normalized spacial score (nSPS) is 10.2. The van der Waals surface area contributed by atoms with Gasteiger partial charge in [-0.15, -0.1) is 0 Å². The summed E-state index contributed by atoms with van der Waals surface area (Å²) in [6, 6.07) is 0. The summed E-state index contributed by atoms with van der Waals surface area (Å²) in [6.07, 6.45) is 1.57. The molecular formula is C12H17NO3. The second-order valence-electron chi connectivity index (χ2n) is 3.78. The third kappa shape index (κ3) is 2.15. The zero-order chi connectivity index (χ0) is 12.3. The number of Topliss-reactive ketones (excluding diaryl/α,β-unsaturated/α-hetero) is 1. The van der Waals surface area contributed by atoms with Crippen LogP contribution in [0.1, 0.15) is 52.4 Å². The molecule has 1 N–H and O–H groups in total. The smallest absolute Gasteiger partial charge is 0.354 e. The highest BCUT2D eigenvalue weighted by molar-refractivity contribution is 6.01. The second-order valence-corrected chi connectivity index (χ2v) is 3.78. The summed E-state index contributed by atoms with van der Waals surface area (Å²) in [4.78, 5) is 26.0. The Morgan fingerprint density at radius 3 is 2.44 bits per heavy atom. The van der Waals surface area contributed by atoms with Gasteiger partial charge in [0.25, 0.3) is 0 Å². The van der Waals surface area contributed by atoms with Crippen molar-refractivity contribution in [1.29, 1.82) is 0 Å². The Bertz CT molecular complexity index is 418. The van der Waals surface area contributed by atoms with Crippen LogP contribution >= 0.6 is 0 Å². The van der Waals surface area contributed by atoms with Crippen LogP contribution in [0, 0.1) is 6.92 Å². The Labute approximate surface area is 95.0 Å². The van der Waals surface area contributed by atoms with E-state index in [1.54, 1.807) is 6.92 Å². The Morgan fingerprint density at radius 2 is 2.00 bits per heavy atom. The second kappa shape index (κ2) is 4.96. The van der Waals surface area contributed by atoms with Crippen molar-refractivity contribution in [2.75, 3.05) is 7.11 Å². The molecule has 0 spiro atoms. The summed E-state index contributed by atoms with van der Waals surface area (Å²) >= 11 is 0. The first kappa shape index (κ1) is 12.5. The molecule has 0 radical (unpaired) electrons. The van der Waals surface area contributed by atoms with E-state index in [-0.39, 0.29) is 5.78 Å². The molecule has 0 aliphatic carbocycles. The lowest BCUT2D eigenvalue weighted by Gasteiger charge is -2.02. The van der Waals surface area contributed by atoms with Crippen LogP contribution in [-0.2, 0) is 11.2 Å². The largest absolute Gasteiger partial charge is 0.464 e. The number of aromatic amines is 1. The molecule has 0 aromatic carbocycles. The quantitative estimate of drug-likeness (QED) is 0.629. The minimum Gasteiger partial charge on any atom is -0.464 e. The highest BCUT2D eigenvalue weighted by Gasteiger charge is 2.22. The summed E-state index contributed by atoms with van der Waals surface area (Å²) in [7, 11) is 1.33. The summed E-state index contributed by atoms with van der Waals surface area (Å²) in [5.74, 6) is -0.439. The Hall–Kier alpha value is -1.58. The number of carbonyl (C=O) groups is 2. The molecule has 0 atom stereocenters. The number of hydrogen-bond donors (Lipinski definition) is 1. The van der Waals surface area contributed by atoms with Gasteiger partial charge in [0.15, 0.2) is 5.78 Å². The molecule has 4 heteroatoms. The lowest BCUT2D eigenvalue weighted by molar-refractivity contribution is 0.0593. The minimum absolute atomic E-state index is 0.0210. The third-order valence-electron chi connectivity index (χ3n) is 2.53. The van der Waals surface area contributed by atoms with E-state index < -0.39 is 5.97 Å². The van der Waals surface area contributed by atoms with Crippen LogP contribution in [0.15, 0.2) is 0 Å². The topological polar surface area (TPSA) is 59.2 Å². The maximum Gasteiger partial charge on any atom is 0.354 e. The molecule has 0 unspecified atom stereocenters. The van der Waals surface area contributed by atoms with Crippen molar-refractivity contribution in [3.05, 3.63) is 22.5 Å². The van der Waals surface area contributed by atoms with Crippen molar-refractivity contribution in [3.63, 3.8) is 0 Å². The number of aromatic nitrogens is 1. The van der Waals surface area contributed by atoms with E-state index in [2.05, 4.69) is 9.72 Å². The first-order valence-electron chi connectivity index (χ1n) is 5.33. The molecule has 0 saturated carbocycles. The number of aryl methyl sites for hydroxylation is 1. The van der Waals surface area contributed by atoms with Crippen molar-refractivity contribution in [1.82, 2.24) is 4.98 Å². The van der Waals surface area contributed by atoms with Gasteiger partial charge in [-0.05, 0) is 25.8 Å². The van der Waals surface area contributed by atoms with E-state index in [1.165, 1.54) is 14.0 Å². The van der Waals surface area contributed by atoms with Crippen LogP contribution in [0.2, 0.25) is 0 Å². The molecule has 0 amide bonds. The molecule has 1 aromatic heterocycles. The maximum atomic E-state index is 11.5. The van der Waals surface area contributed by atoms with E-state index in [0.717, 1.165) is 17.7 Å². The molecule has 88 valence electrons. The number of esters is 1. The maximum absolute atomic E-state index is 11.5. The van der Waals surface area contributed by atoms with Crippen LogP contribution in [0.5, 0.6) is 0 Å². The lowest BCUT2D eigenvalue weighted by Crippen LogP contribution is -2.06. The van der Waals surface area contributed by atoms with Crippen LogP contribution in [0.3, 0.4) is 0 Å². The van der Waals surface area contributed by atoms with Gasteiger partial charge in [0.05, 0.1) is 7.11 Å². The van der Waals surface area contributed by atoms with Crippen LogP contribution < -0.4 is 0 Å². The summed E-state index contributed by atoms with van der Waals surface area (Å²) < 4.78 is 4.69. The Balaban J connectivity index is 3.34. The average Bonchev–Trinajstić information content (AvgIpc) is 2.55. The minimum atomic E-state index is -0.418. The van der Waals surface area contributed by atoms with E-state index in [1.807, 2.05) is 6.92 Å². The Morgan fingerprint density at radius 1 is 1.38 bits per heavy atom. The molecule has 4 nitrogen and oxygen atoms in total. The van der Waals surface area contributed by atoms with E-state index in [4.69, 9.17) is 0 Å². The van der Waals surface area contributed by atoms with Gasteiger partial charge in [0.1, 0.15) is 5.69 Å². The standard InChI is InChI=1S/C12H17NO3/c1-5-6-9-10(8(3)14)7(2)13-11(9)12(15)16-4/h13H,5-6H2,1-4H3. The first-order chi connectivity index (χ1) is 7.52. The fourth-order valence-corrected chi connectivity index (χ4v) is 1.93. The van der Waals surface area contributed by atoms with Gasteiger partial charge in [-0.3, -0.25) is 4.79 Å². The fraction of sp³-hybridized carbons (Fsp3) is 0.500. The highest BCUT2D eigenvalue weighted by Crippen LogP contribution is 2.21. The molecule has 1 rings (SSSR count). The molecule has 0 bridgehead atoms. The number of ketones is 1. The van der Waals surface area contributed by atoms with Gasteiger partial charge >= 0.3 is 5.97 Å². The fourth-order valence-electron chi connectivity index (χ4n) is 1.93. The molecule has 1 heterocycles. The number of nitrogens with one attached hydrogen (secondary N) is 1. The summed E-state index contributed by atoms with van der Waals surface area (Å²) in [5, 5.41) is 0. The molecule has 16 heavy (non-hydrogen) atoms. The van der Waals surface area contributed by atoms with Crippen LogP contribution in [0.25, 0.3) is 0 Å². The zero-order valence-corrected chi connectivity index (χ0v) is 10.1. The van der Waals surface area contributed by atoms with Crippen molar-refractivity contribution in [2.45, 2.75) is 33.6 Å². The predicted octanol–water partition coefficient (Wildman–Crippen LogP) is 2.26. The number of H-pyrrole nitrogens is 1. The molecular weight excluding hydrogens is 206 g/mol. The summed E-state index contributed by atoms with van der Waals surface area (Å²) in [5.41, 5.74) is 2.55. The van der Waals surface area contributed by atoms with E-state index in [0.29, 0.717) is 17.7 Å². The first-order valence-corrected chi connectivity index (χ1v) is 5.33. The SMILES string of the molecule is CCCc1c(C(=O)OC)[nH]c(C)c1C(C)=O. The third-order valence-corrected chi connectivity index (χ3v) is 2.53. The average molecular weight is 223 g/mol. The molecule has 0 fully saturated rings. The van der Waals surface area contributed by atoms with Gasteiger partial charge in [-0.2, -0.15) is 0 Å². The number of ether oxygens (including phenoxy) is 1. The lowest BCUT2D eigenvalue weighted by atomic mass is 10.0. The summed E-state index contributed by atoms with van der Waals surface area (Å²) in [6.45, 7) is 5.31. The van der Waals surface area contributed by atoms with Gasteiger partial charge in [0, 0.05) is 11.3 Å². The van der Waals surface area contributed by atoms with Gasteiger partial charge in [-0.1, -0.05) is 13.3 Å². The van der Waals surface area contributed by atoms with Crippen molar-refractivity contribution < 1.29 is 14.3 Å². The van der Waals surface area contributed by atoms with Crippen molar-refractivity contribution >= 4 is 11.8 Å². The number of hydrogen-bond acceptors (Lipinski definition) is 3. The number of rotatable bonds is 4. The van der Waals surface area contributed by atoms with Gasteiger partial charge in [-0.25, -0.2) is 4.79 Å². The van der Waals surface area contributed by atoms with Gasteiger partial charge < -0.3 is 9.72 Å². The molecule has 0 saturated heterocycles. The van der Waals surface area contributed by atoms with Crippen LogP contribution in [-0.4, -0.2) is 23.8 Å². The van der Waals surface area contributed by atoms with Gasteiger partial charge in [0.2, 0.25) is 0 Å². The monoisotopic (exact) mass is 223 g/mol. The predicted molar refractivity (Wildman–Crippen MR) is 60.9 cm³/mol. The molecule has 0 aliphatic rings. The molecule has 0 aliphatic heterocycles. The molecule has 1 aromatic rings. The number of carbonyl (C=O) groups excluding carboxylic acids is 2. The van der Waals surface area contributed by atoms with Crippen LogP contribution in [0.4, 0.5) is 0 Å². The van der Waals surface area contributed by atoms with E-state index >= 15 is 0 Å². The Kier molecular flexibility index (Phi) is 3.88. The van der Waals surface area contributed by atoms with E-state index in [9.17, 15) is 9.59 Å². The highest BCUT2D eigenvalue weighted by atomic mass is 16.5. The van der Waals surface area contributed by atoms with Crippen molar-refractivity contribution in [3.8, 4) is 0 Å². The van der Waals surface area contributed by atoms with Crippen molar-refractivity contribution in [2.24, 2.45) is 0 Å².